The first kappa shape index (κ1) is 19.9. The molecule has 0 radical (unpaired) electrons. The molecule has 0 saturated heterocycles. The molecule has 0 bridgehead atoms. The monoisotopic (exact) mass is 373 g/mol. The van der Waals surface area contributed by atoms with E-state index in [1.54, 1.807) is 6.07 Å². The second kappa shape index (κ2) is 9.94. The van der Waals surface area contributed by atoms with Crippen LogP contribution >= 0.6 is 11.6 Å². The van der Waals surface area contributed by atoms with Gasteiger partial charge in [0.2, 0.25) is 11.8 Å². The summed E-state index contributed by atoms with van der Waals surface area (Å²) >= 11 is 5.97. The summed E-state index contributed by atoms with van der Waals surface area (Å²) in [6.07, 6.45) is 0.828. The summed E-state index contributed by atoms with van der Waals surface area (Å²) < 4.78 is 0. The zero-order valence-corrected chi connectivity index (χ0v) is 15.8. The van der Waals surface area contributed by atoms with E-state index in [0.29, 0.717) is 5.02 Å². The van der Waals surface area contributed by atoms with Crippen LogP contribution in [-0.4, -0.2) is 24.9 Å². The Labute approximate surface area is 159 Å². The molecule has 0 saturated carbocycles. The molecule has 2 amide bonds. The average molecular weight is 374 g/mol. The second-order valence-electron chi connectivity index (χ2n) is 5.99. The molecule has 2 rings (SSSR count). The van der Waals surface area contributed by atoms with Crippen molar-refractivity contribution in [3.63, 3.8) is 0 Å². The summed E-state index contributed by atoms with van der Waals surface area (Å²) in [7, 11) is 0. The van der Waals surface area contributed by atoms with Gasteiger partial charge in [0.25, 0.3) is 0 Å². The minimum absolute atomic E-state index is 0.0234. The molecular weight excluding hydrogens is 350 g/mol. The molecule has 0 aliphatic carbocycles. The summed E-state index contributed by atoms with van der Waals surface area (Å²) in [5.74, 6) is -0.486. The van der Waals surface area contributed by atoms with Gasteiger partial charge in [-0.25, -0.2) is 0 Å². The normalized spacial score (nSPS) is 11.7. The number of carbonyl (C=O) groups excluding carboxylic acids is 2. The van der Waals surface area contributed by atoms with E-state index in [4.69, 9.17) is 11.6 Å². The molecule has 0 unspecified atom stereocenters. The third-order valence-corrected chi connectivity index (χ3v) is 4.27. The molecule has 0 aliphatic heterocycles. The van der Waals surface area contributed by atoms with E-state index in [0.717, 1.165) is 23.2 Å². The van der Waals surface area contributed by atoms with Crippen LogP contribution in [0.4, 0.5) is 5.69 Å². The van der Waals surface area contributed by atoms with Crippen LogP contribution in [0.3, 0.4) is 0 Å². The van der Waals surface area contributed by atoms with Gasteiger partial charge in [0.1, 0.15) is 0 Å². The van der Waals surface area contributed by atoms with Crippen LogP contribution in [0.5, 0.6) is 0 Å². The van der Waals surface area contributed by atoms with Crippen molar-refractivity contribution in [2.24, 2.45) is 0 Å². The Hall–Kier alpha value is -2.37. The maximum Gasteiger partial charge on any atom is 0.243 e. The molecule has 6 heteroatoms. The molecule has 5 nitrogen and oxygen atoms in total. The van der Waals surface area contributed by atoms with Crippen molar-refractivity contribution in [1.29, 1.82) is 0 Å². The SMILES string of the molecule is CCc1ccccc1NC(=O)CNC(=O)CN[C@@H](C)c1cccc(Cl)c1. The lowest BCUT2D eigenvalue weighted by molar-refractivity contribution is -0.123. The highest BCUT2D eigenvalue weighted by atomic mass is 35.5. The van der Waals surface area contributed by atoms with E-state index in [9.17, 15) is 9.59 Å². The van der Waals surface area contributed by atoms with Crippen molar-refractivity contribution in [3.8, 4) is 0 Å². The third-order valence-electron chi connectivity index (χ3n) is 4.04. The van der Waals surface area contributed by atoms with Crippen molar-refractivity contribution >= 4 is 29.1 Å². The lowest BCUT2D eigenvalue weighted by Crippen LogP contribution is -2.39. The van der Waals surface area contributed by atoms with Gasteiger partial charge in [-0.05, 0) is 42.7 Å². The second-order valence-corrected chi connectivity index (χ2v) is 6.43. The first-order valence-corrected chi connectivity index (χ1v) is 9.00. The van der Waals surface area contributed by atoms with Crippen molar-refractivity contribution in [1.82, 2.24) is 10.6 Å². The number of hydrogen-bond donors (Lipinski definition) is 3. The van der Waals surface area contributed by atoms with Gasteiger partial charge in [0.05, 0.1) is 13.1 Å². The van der Waals surface area contributed by atoms with Crippen LogP contribution in [0.15, 0.2) is 48.5 Å². The predicted octanol–water partition coefficient (Wildman–Crippen LogP) is 3.31. The van der Waals surface area contributed by atoms with E-state index in [1.807, 2.05) is 56.3 Å². The fourth-order valence-electron chi connectivity index (χ4n) is 2.53. The van der Waals surface area contributed by atoms with E-state index >= 15 is 0 Å². The molecule has 26 heavy (non-hydrogen) atoms. The van der Waals surface area contributed by atoms with Gasteiger partial charge < -0.3 is 16.0 Å². The molecule has 0 heterocycles. The molecule has 138 valence electrons. The molecular formula is C20H24ClN3O2. The van der Waals surface area contributed by atoms with Gasteiger partial charge in [-0.3, -0.25) is 9.59 Å². The average Bonchev–Trinajstić information content (AvgIpc) is 2.64. The summed E-state index contributed by atoms with van der Waals surface area (Å²) in [6.45, 7) is 4.03. The number of hydrogen-bond acceptors (Lipinski definition) is 3. The maximum absolute atomic E-state index is 12.0. The minimum Gasteiger partial charge on any atom is -0.346 e. The van der Waals surface area contributed by atoms with E-state index in [1.165, 1.54) is 0 Å². The Morgan fingerprint density at radius 3 is 2.54 bits per heavy atom. The van der Waals surface area contributed by atoms with Crippen molar-refractivity contribution < 1.29 is 9.59 Å². The number of rotatable bonds is 8. The molecule has 1 atom stereocenters. The number of amides is 2. The highest BCUT2D eigenvalue weighted by molar-refractivity contribution is 6.30. The Kier molecular flexibility index (Phi) is 7.63. The van der Waals surface area contributed by atoms with Gasteiger partial charge in [0, 0.05) is 16.8 Å². The Morgan fingerprint density at radius 1 is 1.04 bits per heavy atom. The van der Waals surface area contributed by atoms with Gasteiger partial charge in [-0.2, -0.15) is 0 Å². The van der Waals surface area contributed by atoms with Crippen molar-refractivity contribution in [3.05, 3.63) is 64.7 Å². The number of anilines is 1. The Bertz CT molecular complexity index is 764. The van der Waals surface area contributed by atoms with Gasteiger partial charge in [0.15, 0.2) is 0 Å². The van der Waals surface area contributed by atoms with E-state index < -0.39 is 0 Å². The number of halogens is 1. The van der Waals surface area contributed by atoms with Gasteiger partial charge >= 0.3 is 0 Å². The van der Waals surface area contributed by atoms with Crippen LogP contribution in [-0.2, 0) is 16.0 Å². The standard InChI is InChI=1S/C20H24ClN3O2/c1-3-15-7-4-5-10-18(15)24-20(26)13-23-19(25)12-22-14(2)16-8-6-9-17(21)11-16/h4-11,14,22H,3,12-13H2,1-2H3,(H,23,25)(H,24,26)/t14-/m0/s1. The number of para-hydroxylation sites is 1. The van der Waals surface area contributed by atoms with Crippen LogP contribution < -0.4 is 16.0 Å². The first-order valence-electron chi connectivity index (χ1n) is 8.63. The van der Waals surface area contributed by atoms with Crippen LogP contribution in [0.1, 0.15) is 31.0 Å². The van der Waals surface area contributed by atoms with E-state index in [-0.39, 0.29) is 30.9 Å². The summed E-state index contributed by atoms with van der Waals surface area (Å²) in [4.78, 5) is 24.0. The van der Waals surface area contributed by atoms with Crippen LogP contribution in [0.25, 0.3) is 0 Å². The van der Waals surface area contributed by atoms with E-state index in [2.05, 4.69) is 16.0 Å². The molecule has 0 aromatic heterocycles. The topological polar surface area (TPSA) is 70.2 Å². The molecule has 0 aliphatic rings. The fraction of sp³-hybridized carbons (Fsp3) is 0.300. The van der Waals surface area contributed by atoms with Gasteiger partial charge in [-0.15, -0.1) is 0 Å². The Balaban J connectivity index is 1.75. The van der Waals surface area contributed by atoms with Crippen LogP contribution in [0.2, 0.25) is 5.02 Å². The lowest BCUT2D eigenvalue weighted by atomic mass is 10.1. The first-order chi connectivity index (χ1) is 12.5. The summed E-state index contributed by atoms with van der Waals surface area (Å²) in [6, 6.07) is 15.1. The van der Waals surface area contributed by atoms with Gasteiger partial charge in [-0.1, -0.05) is 48.9 Å². The molecule has 2 aromatic carbocycles. The van der Waals surface area contributed by atoms with Crippen molar-refractivity contribution in [2.75, 3.05) is 18.4 Å². The summed E-state index contributed by atoms with van der Waals surface area (Å²) in [5.41, 5.74) is 2.84. The largest absolute Gasteiger partial charge is 0.346 e. The highest BCUT2D eigenvalue weighted by Crippen LogP contribution is 2.17. The zero-order chi connectivity index (χ0) is 18.9. The highest BCUT2D eigenvalue weighted by Gasteiger charge is 2.10. The minimum atomic E-state index is -0.248. The predicted molar refractivity (Wildman–Crippen MR) is 105 cm³/mol. The number of carbonyl (C=O) groups is 2. The zero-order valence-electron chi connectivity index (χ0n) is 15.0. The third kappa shape index (κ3) is 6.17. The lowest BCUT2D eigenvalue weighted by Gasteiger charge is -2.14. The molecule has 0 fully saturated rings. The number of nitrogens with one attached hydrogen (secondary N) is 3. The fourth-order valence-corrected chi connectivity index (χ4v) is 2.72. The van der Waals surface area contributed by atoms with Crippen LogP contribution in [0, 0.1) is 0 Å². The smallest absolute Gasteiger partial charge is 0.243 e. The summed E-state index contributed by atoms with van der Waals surface area (Å²) in [5, 5.41) is 9.22. The Morgan fingerprint density at radius 2 is 1.81 bits per heavy atom. The quantitative estimate of drug-likeness (QED) is 0.664. The van der Waals surface area contributed by atoms with Crippen molar-refractivity contribution in [2.45, 2.75) is 26.3 Å². The maximum atomic E-state index is 12.0. The molecule has 2 aromatic rings. The number of benzene rings is 2. The molecule has 0 spiro atoms. The number of aryl methyl sites for hydroxylation is 1. The molecule has 3 N–H and O–H groups in total.